The number of nitrogens with zero attached hydrogens (tertiary/aromatic N) is 1. The van der Waals surface area contributed by atoms with Crippen LogP contribution in [0.5, 0.6) is 0 Å². The number of alkyl halides is 1. The van der Waals surface area contributed by atoms with Crippen LogP contribution in [0.25, 0.3) is 0 Å². The van der Waals surface area contributed by atoms with Crippen molar-refractivity contribution < 1.29 is 17.2 Å². The number of hydrogen-bond donors (Lipinski definition) is 0. The lowest BCUT2D eigenvalue weighted by Crippen LogP contribution is -2.36. The van der Waals surface area contributed by atoms with E-state index in [1.807, 2.05) is 0 Å². The first-order valence-electron chi connectivity index (χ1n) is 4.79. The first-order chi connectivity index (χ1) is 7.80. The summed E-state index contributed by atoms with van der Waals surface area (Å²) in [5, 5.41) is 0. The lowest BCUT2D eigenvalue weighted by molar-refractivity contribution is 0.409. The molecule has 1 rings (SSSR count). The van der Waals surface area contributed by atoms with Crippen molar-refractivity contribution in [2.24, 2.45) is 0 Å². The van der Waals surface area contributed by atoms with E-state index >= 15 is 0 Å². The predicted molar refractivity (Wildman–Crippen MR) is 61.5 cm³/mol. The highest BCUT2D eigenvalue weighted by Gasteiger charge is 2.27. The Balaban J connectivity index is 3.22. The van der Waals surface area contributed by atoms with Crippen molar-refractivity contribution in [1.82, 2.24) is 4.31 Å². The third-order valence-corrected chi connectivity index (χ3v) is 4.85. The fourth-order valence-electron chi connectivity index (χ4n) is 1.17. The fourth-order valence-corrected chi connectivity index (χ4v) is 2.87. The molecule has 17 heavy (non-hydrogen) atoms. The molecule has 0 saturated carbocycles. The van der Waals surface area contributed by atoms with Gasteiger partial charge < -0.3 is 0 Å². The Hall–Kier alpha value is -0.720. The summed E-state index contributed by atoms with van der Waals surface area (Å²) < 4.78 is 51.0. The Morgan fingerprint density at radius 3 is 2.47 bits per heavy atom. The number of hydrogen-bond acceptors (Lipinski definition) is 2. The number of rotatable bonds is 4. The molecular weight excluding hydrogens is 272 g/mol. The van der Waals surface area contributed by atoms with Crippen molar-refractivity contribution in [3.63, 3.8) is 0 Å². The van der Waals surface area contributed by atoms with Gasteiger partial charge in [-0.3, -0.25) is 0 Å². The van der Waals surface area contributed by atoms with E-state index in [-0.39, 0.29) is 5.88 Å². The molecule has 0 aromatic heterocycles. The lowest BCUT2D eigenvalue weighted by atomic mass is 10.3. The molecule has 1 atom stereocenters. The molecule has 0 saturated heterocycles. The van der Waals surface area contributed by atoms with Gasteiger partial charge in [-0.15, -0.1) is 11.6 Å². The first kappa shape index (κ1) is 14.3. The molecule has 0 heterocycles. The Morgan fingerprint density at radius 2 is 2.00 bits per heavy atom. The van der Waals surface area contributed by atoms with Crippen LogP contribution in [0.4, 0.5) is 8.78 Å². The minimum absolute atomic E-state index is 0.0819. The second-order valence-corrected chi connectivity index (χ2v) is 5.87. The standard InChI is InChI=1S/C10H12ClF2NO2S/c1-7(6-11)14(2)17(15,16)10-4-3-8(12)5-9(10)13/h3-5,7H,6H2,1-2H3. The summed E-state index contributed by atoms with van der Waals surface area (Å²) in [6.45, 7) is 1.59. The zero-order valence-corrected chi connectivity index (χ0v) is 10.9. The van der Waals surface area contributed by atoms with Gasteiger partial charge in [-0.05, 0) is 19.1 Å². The summed E-state index contributed by atoms with van der Waals surface area (Å²) in [6.07, 6.45) is 0. The lowest BCUT2D eigenvalue weighted by Gasteiger charge is -2.22. The van der Waals surface area contributed by atoms with E-state index in [0.29, 0.717) is 6.07 Å². The van der Waals surface area contributed by atoms with Crippen LogP contribution in [0.1, 0.15) is 6.92 Å². The van der Waals surface area contributed by atoms with Crippen LogP contribution in [-0.4, -0.2) is 31.7 Å². The highest BCUT2D eigenvalue weighted by atomic mass is 35.5. The quantitative estimate of drug-likeness (QED) is 0.795. The second-order valence-electron chi connectivity index (χ2n) is 3.60. The Morgan fingerprint density at radius 1 is 1.41 bits per heavy atom. The largest absolute Gasteiger partial charge is 0.246 e. The molecule has 0 aliphatic rings. The smallest absolute Gasteiger partial charge is 0.207 e. The van der Waals surface area contributed by atoms with Crippen LogP contribution < -0.4 is 0 Å². The predicted octanol–water partition coefficient (Wildman–Crippen LogP) is 2.21. The van der Waals surface area contributed by atoms with Crippen LogP contribution in [-0.2, 0) is 10.0 Å². The molecule has 0 aliphatic carbocycles. The minimum Gasteiger partial charge on any atom is -0.207 e. The minimum atomic E-state index is -3.99. The summed E-state index contributed by atoms with van der Waals surface area (Å²) in [5.74, 6) is -1.86. The molecule has 0 amide bonds. The van der Waals surface area contributed by atoms with Crippen LogP contribution in [0.2, 0.25) is 0 Å². The van der Waals surface area contributed by atoms with Gasteiger partial charge in [0, 0.05) is 25.0 Å². The molecule has 0 radical (unpaired) electrons. The number of halogens is 3. The van der Waals surface area contributed by atoms with Gasteiger partial charge >= 0.3 is 0 Å². The molecule has 1 unspecified atom stereocenters. The highest BCUT2D eigenvalue weighted by Crippen LogP contribution is 2.20. The summed E-state index contributed by atoms with van der Waals surface area (Å²) >= 11 is 5.55. The molecule has 0 fully saturated rings. The van der Waals surface area contributed by atoms with Crippen molar-refractivity contribution in [3.8, 4) is 0 Å². The molecule has 0 bridgehead atoms. The van der Waals surface area contributed by atoms with Crippen LogP contribution in [0.15, 0.2) is 23.1 Å². The van der Waals surface area contributed by atoms with Crippen molar-refractivity contribution in [3.05, 3.63) is 29.8 Å². The third kappa shape index (κ3) is 2.94. The van der Waals surface area contributed by atoms with Crippen molar-refractivity contribution in [2.45, 2.75) is 17.9 Å². The molecule has 96 valence electrons. The van der Waals surface area contributed by atoms with E-state index in [2.05, 4.69) is 0 Å². The Kier molecular flexibility index (Phi) is 4.46. The SMILES string of the molecule is CC(CCl)N(C)S(=O)(=O)c1ccc(F)cc1F. The Bertz CT molecular complexity index is 507. The average molecular weight is 284 g/mol. The van der Waals surface area contributed by atoms with E-state index in [0.717, 1.165) is 16.4 Å². The van der Waals surface area contributed by atoms with Gasteiger partial charge in [-0.25, -0.2) is 17.2 Å². The summed E-state index contributed by atoms with van der Waals surface area (Å²) in [5.41, 5.74) is 0. The molecule has 3 nitrogen and oxygen atoms in total. The fraction of sp³-hybridized carbons (Fsp3) is 0.400. The van der Waals surface area contributed by atoms with E-state index in [4.69, 9.17) is 11.6 Å². The number of benzene rings is 1. The van der Waals surface area contributed by atoms with Crippen molar-refractivity contribution in [1.29, 1.82) is 0 Å². The van der Waals surface area contributed by atoms with Crippen LogP contribution >= 0.6 is 11.6 Å². The van der Waals surface area contributed by atoms with E-state index in [1.54, 1.807) is 6.92 Å². The monoisotopic (exact) mass is 283 g/mol. The molecule has 0 aliphatic heterocycles. The summed E-state index contributed by atoms with van der Waals surface area (Å²) in [4.78, 5) is -0.557. The summed E-state index contributed by atoms with van der Waals surface area (Å²) in [6, 6.07) is 1.85. The van der Waals surface area contributed by atoms with E-state index in [1.165, 1.54) is 7.05 Å². The highest BCUT2D eigenvalue weighted by molar-refractivity contribution is 7.89. The van der Waals surface area contributed by atoms with E-state index < -0.39 is 32.6 Å². The maximum atomic E-state index is 13.4. The van der Waals surface area contributed by atoms with Gasteiger partial charge in [0.2, 0.25) is 10.0 Å². The van der Waals surface area contributed by atoms with Crippen LogP contribution in [0, 0.1) is 11.6 Å². The first-order valence-corrected chi connectivity index (χ1v) is 6.77. The molecule has 0 spiro atoms. The second kappa shape index (κ2) is 5.29. The maximum absolute atomic E-state index is 13.4. The molecule has 1 aromatic carbocycles. The van der Waals surface area contributed by atoms with Crippen LogP contribution in [0.3, 0.4) is 0 Å². The van der Waals surface area contributed by atoms with Crippen molar-refractivity contribution in [2.75, 3.05) is 12.9 Å². The zero-order chi connectivity index (χ0) is 13.2. The van der Waals surface area contributed by atoms with E-state index in [9.17, 15) is 17.2 Å². The van der Waals surface area contributed by atoms with Gasteiger partial charge in [-0.1, -0.05) is 0 Å². The summed E-state index contributed by atoms with van der Waals surface area (Å²) in [7, 11) is -2.69. The van der Waals surface area contributed by atoms with Gasteiger partial charge in [0.1, 0.15) is 16.5 Å². The van der Waals surface area contributed by atoms with Gasteiger partial charge in [-0.2, -0.15) is 4.31 Å². The van der Waals surface area contributed by atoms with Gasteiger partial charge in [0.25, 0.3) is 0 Å². The number of sulfonamides is 1. The molecular formula is C10H12ClF2NO2S. The molecule has 0 N–H and O–H groups in total. The van der Waals surface area contributed by atoms with Crippen molar-refractivity contribution >= 4 is 21.6 Å². The Labute approximate surface area is 104 Å². The van der Waals surface area contributed by atoms with Gasteiger partial charge in [0.15, 0.2) is 0 Å². The molecule has 7 heteroatoms. The normalized spacial score (nSPS) is 14.0. The third-order valence-electron chi connectivity index (χ3n) is 2.39. The zero-order valence-electron chi connectivity index (χ0n) is 9.32. The van der Waals surface area contributed by atoms with Gasteiger partial charge in [0.05, 0.1) is 0 Å². The average Bonchev–Trinajstić information content (AvgIpc) is 2.26. The maximum Gasteiger partial charge on any atom is 0.246 e. The molecule has 1 aromatic rings. The topological polar surface area (TPSA) is 37.4 Å².